The van der Waals surface area contributed by atoms with E-state index < -0.39 is 0 Å². The molecule has 0 radical (unpaired) electrons. The molecule has 1 rings (SSSR count). The van der Waals surface area contributed by atoms with Crippen molar-refractivity contribution in [2.45, 2.75) is 38.8 Å². The van der Waals surface area contributed by atoms with Crippen LogP contribution in [0.1, 0.15) is 26.7 Å². The van der Waals surface area contributed by atoms with Crippen molar-refractivity contribution in [1.29, 1.82) is 0 Å². The topological polar surface area (TPSA) is 44.4 Å². The van der Waals surface area contributed by atoms with Gasteiger partial charge in [0.1, 0.15) is 0 Å². The lowest BCUT2D eigenvalue weighted by molar-refractivity contribution is -0.127. The molecule has 1 atom stereocenters. The molecule has 0 saturated carbocycles. The number of carbonyl (C=O) groups excluding carboxylic acids is 1. The van der Waals surface area contributed by atoms with Gasteiger partial charge in [-0.25, -0.2) is 0 Å². The van der Waals surface area contributed by atoms with E-state index in [1.807, 2.05) is 19.0 Å². The monoisotopic (exact) mass is 299 g/mol. The highest BCUT2D eigenvalue weighted by atomic mass is 35.5. The van der Waals surface area contributed by atoms with Crippen LogP contribution in [-0.4, -0.2) is 50.1 Å². The van der Waals surface area contributed by atoms with Crippen LogP contribution in [0.4, 0.5) is 0 Å². The predicted molar refractivity (Wildman–Crippen MR) is 80.8 cm³/mol. The molecule has 1 saturated heterocycles. The first kappa shape index (κ1) is 20.3. The maximum Gasteiger partial charge on any atom is 0.237 e. The number of carbonyl (C=O) groups is 1. The minimum Gasteiger partial charge on any atom is -0.352 e. The van der Waals surface area contributed by atoms with Crippen LogP contribution in [0.5, 0.6) is 0 Å². The normalized spacial score (nSPS) is 17.9. The minimum absolute atomic E-state index is 0. The number of halogens is 2. The summed E-state index contributed by atoms with van der Waals surface area (Å²) in [6.45, 7) is 6.21. The summed E-state index contributed by atoms with van der Waals surface area (Å²) in [5.74, 6) is 0.517. The minimum atomic E-state index is -0.0186. The van der Waals surface area contributed by atoms with E-state index in [0.29, 0.717) is 12.0 Å². The lowest BCUT2D eigenvalue weighted by Crippen LogP contribution is -2.51. The van der Waals surface area contributed by atoms with Crippen molar-refractivity contribution < 1.29 is 4.79 Å². The SMILES string of the molecule is CC(C)C(C(=O)NC1CCNCC1)N(C)C.Cl.Cl. The van der Waals surface area contributed by atoms with E-state index in [2.05, 4.69) is 24.5 Å². The van der Waals surface area contributed by atoms with Gasteiger partial charge < -0.3 is 10.6 Å². The molecule has 2 N–H and O–H groups in total. The molecule has 4 nitrogen and oxygen atoms in total. The largest absolute Gasteiger partial charge is 0.352 e. The maximum atomic E-state index is 12.1. The molecule has 0 aromatic heterocycles. The second-order valence-electron chi connectivity index (χ2n) is 5.19. The summed E-state index contributed by atoms with van der Waals surface area (Å²) < 4.78 is 0. The summed E-state index contributed by atoms with van der Waals surface area (Å²) >= 11 is 0. The number of nitrogens with zero attached hydrogens (tertiary/aromatic N) is 1. The lowest BCUT2D eigenvalue weighted by Gasteiger charge is -2.30. The molecule has 0 aliphatic carbocycles. The summed E-state index contributed by atoms with van der Waals surface area (Å²) in [7, 11) is 3.93. The second kappa shape index (κ2) is 9.84. The average Bonchev–Trinajstić information content (AvgIpc) is 2.17. The molecule has 0 aromatic carbocycles. The lowest BCUT2D eigenvalue weighted by atomic mass is 10.0. The first-order valence-electron chi connectivity index (χ1n) is 6.20. The molecule has 110 valence electrons. The highest BCUT2D eigenvalue weighted by Gasteiger charge is 2.26. The van der Waals surface area contributed by atoms with Gasteiger partial charge in [-0.05, 0) is 45.9 Å². The standard InChI is InChI=1S/C12H25N3O.2ClH/c1-9(2)11(15(3)4)12(16)14-10-5-7-13-8-6-10;;/h9-11,13H,5-8H2,1-4H3,(H,14,16);2*1H. The van der Waals surface area contributed by atoms with Crippen molar-refractivity contribution in [2.24, 2.45) is 5.92 Å². The van der Waals surface area contributed by atoms with E-state index in [4.69, 9.17) is 0 Å². The zero-order chi connectivity index (χ0) is 12.1. The fourth-order valence-electron chi connectivity index (χ4n) is 2.39. The van der Waals surface area contributed by atoms with E-state index in [1.165, 1.54) is 0 Å². The van der Waals surface area contributed by atoms with Crippen molar-refractivity contribution >= 4 is 30.7 Å². The van der Waals surface area contributed by atoms with Crippen molar-refractivity contribution in [2.75, 3.05) is 27.2 Å². The highest BCUT2D eigenvalue weighted by molar-refractivity contribution is 5.85. The van der Waals surface area contributed by atoms with Gasteiger partial charge >= 0.3 is 0 Å². The van der Waals surface area contributed by atoms with Crippen molar-refractivity contribution in [3.05, 3.63) is 0 Å². The molecular formula is C12H27Cl2N3O. The first-order chi connectivity index (χ1) is 7.52. The fourth-order valence-corrected chi connectivity index (χ4v) is 2.39. The Bertz CT molecular complexity index is 223. The summed E-state index contributed by atoms with van der Waals surface area (Å²) in [6.07, 6.45) is 2.09. The van der Waals surface area contributed by atoms with Crippen molar-refractivity contribution in [3.63, 3.8) is 0 Å². The van der Waals surface area contributed by atoms with E-state index in [-0.39, 0.29) is 36.8 Å². The smallest absolute Gasteiger partial charge is 0.237 e. The second-order valence-corrected chi connectivity index (χ2v) is 5.19. The molecule has 1 aliphatic rings. The Balaban J connectivity index is 0. The molecule has 0 spiro atoms. The van der Waals surface area contributed by atoms with Gasteiger partial charge in [0.25, 0.3) is 0 Å². The van der Waals surface area contributed by atoms with Crippen LogP contribution in [0.25, 0.3) is 0 Å². The Labute approximate surface area is 123 Å². The van der Waals surface area contributed by atoms with Gasteiger partial charge in [-0.2, -0.15) is 0 Å². The van der Waals surface area contributed by atoms with Gasteiger partial charge in [-0.15, -0.1) is 24.8 Å². The fraction of sp³-hybridized carbons (Fsp3) is 0.917. The van der Waals surface area contributed by atoms with E-state index in [0.717, 1.165) is 25.9 Å². The van der Waals surface area contributed by atoms with Crippen LogP contribution in [0.15, 0.2) is 0 Å². The molecule has 0 aromatic rings. The first-order valence-corrected chi connectivity index (χ1v) is 6.20. The van der Waals surface area contributed by atoms with Crippen molar-refractivity contribution in [3.8, 4) is 0 Å². The third kappa shape index (κ3) is 6.23. The van der Waals surface area contributed by atoms with Crippen LogP contribution >= 0.6 is 24.8 Å². The molecule has 1 heterocycles. The molecule has 18 heavy (non-hydrogen) atoms. The third-order valence-electron chi connectivity index (χ3n) is 3.14. The number of hydrogen-bond donors (Lipinski definition) is 2. The van der Waals surface area contributed by atoms with Crippen LogP contribution in [0.3, 0.4) is 0 Å². The number of amides is 1. The van der Waals surface area contributed by atoms with Gasteiger partial charge in [0.2, 0.25) is 5.91 Å². The van der Waals surface area contributed by atoms with Gasteiger partial charge in [-0.1, -0.05) is 13.8 Å². The Hall–Kier alpha value is -0.0300. The predicted octanol–water partition coefficient (Wildman–Crippen LogP) is 1.28. The Morgan fingerprint density at radius 1 is 1.22 bits per heavy atom. The van der Waals surface area contributed by atoms with Gasteiger partial charge in [-0.3, -0.25) is 9.69 Å². The van der Waals surface area contributed by atoms with Crippen LogP contribution < -0.4 is 10.6 Å². The Morgan fingerprint density at radius 3 is 2.11 bits per heavy atom. The van der Waals surface area contributed by atoms with Gasteiger partial charge in [0.15, 0.2) is 0 Å². The summed E-state index contributed by atoms with van der Waals surface area (Å²) in [5, 5.41) is 6.46. The zero-order valence-corrected chi connectivity index (χ0v) is 13.4. The van der Waals surface area contributed by atoms with E-state index >= 15 is 0 Å². The number of piperidine rings is 1. The molecule has 1 fully saturated rings. The van der Waals surface area contributed by atoms with Gasteiger partial charge in [0, 0.05) is 6.04 Å². The van der Waals surface area contributed by atoms with Crippen LogP contribution in [0.2, 0.25) is 0 Å². The van der Waals surface area contributed by atoms with Crippen LogP contribution in [-0.2, 0) is 4.79 Å². The summed E-state index contributed by atoms with van der Waals surface area (Å²) in [6, 6.07) is 0.338. The third-order valence-corrected chi connectivity index (χ3v) is 3.14. The molecule has 6 heteroatoms. The number of rotatable bonds is 4. The molecule has 1 unspecified atom stereocenters. The average molecular weight is 300 g/mol. The highest BCUT2D eigenvalue weighted by Crippen LogP contribution is 2.09. The number of likely N-dealkylation sites (N-methyl/N-ethyl adjacent to an activating group) is 1. The van der Waals surface area contributed by atoms with Crippen molar-refractivity contribution in [1.82, 2.24) is 15.5 Å². The molecule has 1 amide bonds. The van der Waals surface area contributed by atoms with Gasteiger partial charge in [0.05, 0.1) is 6.04 Å². The number of hydrogen-bond acceptors (Lipinski definition) is 3. The quantitative estimate of drug-likeness (QED) is 0.822. The Kier molecular flexibility index (Phi) is 11.1. The zero-order valence-electron chi connectivity index (χ0n) is 11.7. The van der Waals surface area contributed by atoms with E-state index in [1.54, 1.807) is 0 Å². The van der Waals surface area contributed by atoms with Crippen LogP contribution in [0, 0.1) is 5.92 Å². The molecular weight excluding hydrogens is 273 g/mol. The summed E-state index contributed by atoms with van der Waals surface area (Å²) in [4.78, 5) is 14.1. The summed E-state index contributed by atoms with van der Waals surface area (Å²) in [5.41, 5.74) is 0. The Morgan fingerprint density at radius 2 is 1.72 bits per heavy atom. The number of nitrogens with one attached hydrogen (secondary N) is 2. The van der Waals surface area contributed by atoms with E-state index in [9.17, 15) is 4.79 Å². The molecule has 1 aliphatic heterocycles. The maximum absolute atomic E-state index is 12.1. The molecule has 0 bridgehead atoms.